The molecule has 7 heteroatoms. The van der Waals surface area contributed by atoms with Gasteiger partial charge in [-0.3, -0.25) is 9.78 Å². The average molecular weight is 525 g/mol. The van der Waals surface area contributed by atoms with Gasteiger partial charge in [-0.2, -0.15) is 0 Å². The van der Waals surface area contributed by atoms with Crippen LogP contribution in [0.2, 0.25) is 0 Å². The molecule has 0 fully saturated rings. The van der Waals surface area contributed by atoms with E-state index in [0.29, 0.717) is 33.7 Å². The van der Waals surface area contributed by atoms with Gasteiger partial charge >= 0.3 is 0 Å². The van der Waals surface area contributed by atoms with Crippen LogP contribution in [0.15, 0.2) is 97.8 Å². The highest BCUT2D eigenvalue weighted by atomic mass is 35.5. The summed E-state index contributed by atoms with van der Waals surface area (Å²) in [5.41, 5.74) is 6.68. The van der Waals surface area contributed by atoms with Gasteiger partial charge in [0.2, 0.25) is 0 Å². The van der Waals surface area contributed by atoms with E-state index in [4.69, 9.17) is 16.6 Å². The molecule has 1 unspecified atom stereocenters. The third kappa shape index (κ3) is 5.93. The molecule has 0 spiro atoms. The number of aromatic amines is 1. The molecule has 2 aromatic carbocycles. The number of hydrogen-bond donors (Lipinski definition) is 3. The molecule has 0 saturated carbocycles. The fourth-order valence-corrected chi connectivity index (χ4v) is 4.38. The van der Waals surface area contributed by atoms with E-state index in [-0.39, 0.29) is 17.7 Å². The second kappa shape index (κ2) is 12.2. The first kappa shape index (κ1) is 26.6. The zero-order valence-corrected chi connectivity index (χ0v) is 21.9. The van der Waals surface area contributed by atoms with Crippen LogP contribution in [0.5, 0.6) is 0 Å². The van der Waals surface area contributed by atoms with Crippen molar-refractivity contribution in [3.63, 3.8) is 0 Å². The largest absolute Gasteiger partial charge is 0.508 e. The van der Waals surface area contributed by atoms with E-state index in [2.05, 4.69) is 35.4 Å². The van der Waals surface area contributed by atoms with E-state index < -0.39 is 0 Å². The molecule has 0 bridgehead atoms. The third-order valence-corrected chi connectivity index (χ3v) is 6.34. The standard InChI is InChI=1S/C31H29ClN4O2/c1-4-9-27(23-10-8-17-33-19-23)36-31(38)22-14-15-24(26(18-22)21(3)37)20(2)25(11-7-16-32)30-34-28-12-5-6-13-29(28)35-30/h5-8,10-19,27,37H,2-4,9H2,1H3,(H,34,35)(H,36,38)/b16-7-,25-11+. The van der Waals surface area contributed by atoms with Crippen LogP contribution in [-0.2, 0) is 0 Å². The molecule has 0 saturated heterocycles. The topological polar surface area (TPSA) is 90.9 Å². The summed E-state index contributed by atoms with van der Waals surface area (Å²) < 4.78 is 0. The summed E-state index contributed by atoms with van der Waals surface area (Å²) in [6.45, 7) is 10.1. The molecule has 192 valence electrons. The first-order chi connectivity index (χ1) is 18.4. The Kier molecular flexibility index (Phi) is 8.56. The quantitative estimate of drug-likeness (QED) is 0.147. The minimum atomic E-state index is -0.259. The molecule has 3 N–H and O–H groups in total. The van der Waals surface area contributed by atoms with Crippen LogP contribution < -0.4 is 5.32 Å². The zero-order valence-electron chi connectivity index (χ0n) is 21.1. The SMILES string of the molecule is C=C(O)c1cc(C(=O)NC(CCC)c2cccnc2)ccc1C(=C)/C(=C\C=C/Cl)c1nc2ccccc2[nH]1. The van der Waals surface area contributed by atoms with E-state index in [1.54, 1.807) is 42.7 Å². The number of carbonyl (C=O) groups is 1. The van der Waals surface area contributed by atoms with Crippen LogP contribution in [0.4, 0.5) is 0 Å². The molecule has 1 amide bonds. The number of aliphatic hydroxyl groups is 1. The van der Waals surface area contributed by atoms with Crippen molar-refractivity contribution in [3.05, 3.63) is 126 Å². The second-order valence-electron chi connectivity index (χ2n) is 8.79. The molecule has 2 heterocycles. The lowest BCUT2D eigenvalue weighted by Crippen LogP contribution is -2.28. The summed E-state index contributed by atoms with van der Waals surface area (Å²) in [5, 5.41) is 13.6. The lowest BCUT2D eigenvalue weighted by atomic mass is 9.92. The molecule has 0 radical (unpaired) electrons. The highest BCUT2D eigenvalue weighted by molar-refractivity contribution is 6.25. The van der Waals surface area contributed by atoms with Crippen molar-refractivity contribution in [2.75, 3.05) is 0 Å². The van der Waals surface area contributed by atoms with Crippen LogP contribution in [0.1, 0.15) is 58.7 Å². The van der Waals surface area contributed by atoms with Crippen LogP contribution in [0, 0.1) is 0 Å². The van der Waals surface area contributed by atoms with Gasteiger partial charge in [0.1, 0.15) is 11.6 Å². The summed E-state index contributed by atoms with van der Waals surface area (Å²) in [6.07, 6.45) is 8.60. The van der Waals surface area contributed by atoms with Crippen molar-refractivity contribution in [1.29, 1.82) is 0 Å². The Labute approximate surface area is 227 Å². The van der Waals surface area contributed by atoms with Crippen LogP contribution in [0.25, 0.3) is 27.9 Å². The fraction of sp³-hybridized carbons (Fsp3) is 0.129. The number of amides is 1. The molecule has 6 nitrogen and oxygen atoms in total. The van der Waals surface area contributed by atoms with Crippen molar-refractivity contribution in [2.24, 2.45) is 0 Å². The van der Waals surface area contributed by atoms with Gasteiger partial charge in [0.25, 0.3) is 5.91 Å². The van der Waals surface area contributed by atoms with Crippen LogP contribution in [0.3, 0.4) is 0 Å². The summed E-state index contributed by atoms with van der Waals surface area (Å²) in [7, 11) is 0. The number of aromatic nitrogens is 3. The number of pyridine rings is 1. The average Bonchev–Trinajstić information content (AvgIpc) is 3.37. The maximum atomic E-state index is 13.2. The smallest absolute Gasteiger partial charge is 0.251 e. The summed E-state index contributed by atoms with van der Waals surface area (Å²) in [5.74, 6) is 0.163. The predicted molar refractivity (Wildman–Crippen MR) is 156 cm³/mol. The van der Waals surface area contributed by atoms with Crippen molar-refractivity contribution in [1.82, 2.24) is 20.3 Å². The summed E-state index contributed by atoms with van der Waals surface area (Å²) in [6, 6.07) is 16.4. The van der Waals surface area contributed by atoms with E-state index in [0.717, 1.165) is 29.4 Å². The lowest BCUT2D eigenvalue weighted by Gasteiger charge is -2.19. The van der Waals surface area contributed by atoms with Gasteiger partial charge in [-0.25, -0.2) is 4.98 Å². The number of H-pyrrole nitrogens is 1. The maximum absolute atomic E-state index is 13.2. The number of nitrogens with one attached hydrogen (secondary N) is 2. The zero-order chi connectivity index (χ0) is 27.1. The van der Waals surface area contributed by atoms with Gasteiger partial charge in [0.05, 0.1) is 17.1 Å². The van der Waals surface area contributed by atoms with Gasteiger partial charge in [-0.05, 0) is 59.5 Å². The monoisotopic (exact) mass is 524 g/mol. The molecule has 0 aliphatic carbocycles. The Balaban J connectivity index is 1.68. The fourth-order valence-electron chi connectivity index (χ4n) is 4.30. The molecule has 38 heavy (non-hydrogen) atoms. The second-order valence-corrected chi connectivity index (χ2v) is 9.04. The Hall–Kier alpha value is -4.42. The van der Waals surface area contributed by atoms with Crippen molar-refractivity contribution >= 4 is 45.4 Å². The van der Waals surface area contributed by atoms with E-state index >= 15 is 0 Å². The molecular weight excluding hydrogens is 496 g/mol. The predicted octanol–water partition coefficient (Wildman–Crippen LogP) is 7.61. The van der Waals surface area contributed by atoms with Crippen LogP contribution in [-0.4, -0.2) is 26.0 Å². The molecule has 4 rings (SSSR count). The Morgan fingerprint density at radius 1 is 1.16 bits per heavy atom. The van der Waals surface area contributed by atoms with Crippen molar-refractivity contribution in [3.8, 4) is 0 Å². The first-order valence-corrected chi connectivity index (χ1v) is 12.7. The number of para-hydroxylation sites is 2. The minimum Gasteiger partial charge on any atom is -0.508 e. The third-order valence-electron chi connectivity index (χ3n) is 6.19. The Morgan fingerprint density at radius 2 is 1.97 bits per heavy atom. The van der Waals surface area contributed by atoms with Crippen molar-refractivity contribution in [2.45, 2.75) is 25.8 Å². The number of hydrogen-bond acceptors (Lipinski definition) is 4. The highest BCUT2D eigenvalue weighted by Gasteiger charge is 2.20. The number of fused-ring (bicyclic) bond motifs is 1. The number of rotatable bonds is 10. The molecule has 4 aromatic rings. The van der Waals surface area contributed by atoms with E-state index in [1.165, 1.54) is 5.54 Å². The first-order valence-electron chi connectivity index (χ1n) is 12.3. The number of imidazole rings is 1. The number of halogens is 1. The Bertz CT molecular complexity index is 1500. The van der Waals surface area contributed by atoms with E-state index in [9.17, 15) is 9.90 Å². The van der Waals surface area contributed by atoms with E-state index in [1.807, 2.05) is 36.4 Å². The van der Waals surface area contributed by atoms with Gasteiger partial charge in [0, 0.05) is 34.6 Å². The number of aliphatic hydroxyl groups excluding tert-OH is 1. The highest BCUT2D eigenvalue weighted by Crippen LogP contribution is 2.34. The van der Waals surface area contributed by atoms with Gasteiger partial charge in [0.15, 0.2) is 0 Å². The molecule has 0 aliphatic rings. The molecule has 2 aromatic heterocycles. The minimum absolute atomic E-state index is 0.176. The van der Waals surface area contributed by atoms with Gasteiger partial charge in [-0.1, -0.05) is 68.4 Å². The van der Waals surface area contributed by atoms with Crippen molar-refractivity contribution < 1.29 is 9.90 Å². The normalized spacial score (nSPS) is 12.5. The number of benzene rings is 2. The summed E-state index contributed by atoms with van der Waals surface area (Å²) in [4.78, 5) is 25.4. The molecule has 1 atom stereocenters. The lowest BCUT2D eigenvalue weighted by molar-refractivity contribution is 0.0934. The number of allylic oxidation sites excluding steroid dienone is 4. The van der Waals surface area contributed by atoms with Gasteiger partial charge < -0.3 is 15.4 Å². The maximum Gasteiger partial charge on any atom is 0.251 e. The summed E-state index contributed by atoms with van der Waals surface area (Å²) >= 11 is 5.82. The van der Waals surface area contributed by atoms with Gasteiger partial charge in [-0.15, -0.1) is 0 Å². The number of nitrogens with zero attached hydrogens (tertiary/aromatic N) is 2. The molecular formula is C31H29ClN4O2. The molecule has 0 aliphatic heterocycles. The van der Waals surface area contributed by atoms with Crippen LogP contribution >= 0.6 is 11.6 Å². The Morgan fingerprint density at radius 3 is 2.66 bits per heavy atom. The number of carbonyl (C=O) groups excluding carboxylic acids is 1.